The Labute approximate surface area is 121 Å². The van der Waals surface area contributed by atoms with Crippen molar-refractivity contribution in [1.29, 1.82) is 0 Å². The van der Waals surface area contributed by atoms with Crippen molar-refractivity contribution in [3.05, 3.63) is 33.8 Å². The maximum Gasteiger partial charge on any atom is 0.318 e. The van der Waals surface area contributed by atoms with Crippen molar-refractivity contribution >= 4 is 39.2 Å². The van der Waals surface area contributed by atoms with E-state index in [1.54, 1.807) is 18.2 Å². The topological polar surface area (TPSA) is 74.7 Å². The van der Waals surface area contributed by atoms with Crippen molar-refractivity contribution < 1.29 is 18.3 Å². The minimum Gasteiger partial charge on any atom is -0.480 e. The number of carboxylic acids is 1. The molecule has 8 heteroatoms. The van der Waals surface area contributed by atoms with E-state index in [1.165, 1.54) is 0 Å². The van der Waals surface area contributed by atoms with E-state index >= 15 is 0 Å². The first-order chi connectivity index (χ1) is 8.70. The standard InChI is InChI=1S/C11H13Cl2NO4S/c1-19(17,18)14(7-11(15)16)5-4-8-2-3-9(12)6-10(8)13/h2-3,6H,4-5,7H2,1H3,(H,15,16). The van der Waals surface area contributed by atoms with E-state index in [4.69, 9.17) is 28.3 Å². The van der Waals surface area contributed by atoms with Crippen molar-refractivity contribution in [2.24, 2.45) is 0 Å². The number of hydrogen-bond acceptors (Lipinski definition) is 3. The van der Waals surface area contributed by atoms with Gasteiger partial charge in [0.05, 0.1) is 6.26 Å². The van der Waals surface area contributed by atoms with Gasteiger partial charge in [0.2, 0.25) is 10.0 Å². The fourth-order valence-corrected chi connectivity index (χ4v) is 2.75. The van der Waals surface area contributed by atoms with Gasteiger partial charge < -0.3 is 5.11 Å². The predicted molar refractivity (Wildman–Crippen MR) is 74.2 cm³/mol. The molecule has 0 aliphatic carbocycles. The van der Waals surface area contributed by atoms with E-state index in [-0.39, 0.29) is 6.54 Å². The Morgan fingerprint density at radius 2 is 2.00 bits per heavy atom. The molecular formula is C11H13Cl2NO4S. The number of nitrogens with zero attached hydrogens (tertiary/aromatic N) is 1. The fourth-order valence-electron chi connectivity index (χ4n) is 1.48. The highest BCUT2D eigenvalue weighted by molar-refractivity contribution is 7.88. The highest BCUT2D eigenvalue weighted by Crippen LogP contribution is 2.21. The van der Waals surface area contributed by atoms with Gasteiger partial charge in [0.15, 0.2) is 0 Å². The molecule has 0 heterocycles. The van der Waals surface area contributed by atoms with Crippen LogP contribution in [0, 0.1) is 0 Å². The van der Waals surface area contributed by atoms with Crippen LogP contribution >= 0.6 is 23.2 Å². The molecule has 1 rings (SSSR count). The summed E-state index contributed by atoms with van der Waals surface area (Å²) in [7, 11) is -3.57. The van der Waals surface area contributed by atoms with Crippen molar-refractivity contribution in [3.63, 3.8) is 0 Å². The summed E-state index contributed by atoms with van der Waals surface area (Å²) in [6.45, 7) is -0.517. The van der Waals surface area contributed by atoms with Crippen LogP contribution in [-0.2, 0) is 21.2 Å². The summed E-state index contributed by atoms with van der Waals surface area (Å²) in [6, 6.07) is 4.89. The lowest BCUT2D eigenvalue weighted by molar-refractivity contribution is -0.137. The normalized spacial score (nSPS) is 11.8. The maximum atomic E-state index is 11.4. The smallest absolute Gasteiger partial charge is 0.318 e. The zero-order chi connectivity index (χ0) is 14.6. The number of carbonyl (C=O) groups is 1. The molecule has 0 atom stereocenters. The van der Waals surface area contributed by atoms with E-state index < -0.39 is 22.5 Å². The van der Waals surface area contributed by atoms with Gasteiger partial charge in [0, 0.05) is 16.6 Å². The first kappa shape index (κ1) is 16.2. The SMILES string of the molecule is CS(=O)(=O)N(CCc1ccc(Cl)cc1Cl)CC(=O)O. The molecule has 0 bridgehead atoms. The molecule has 19 heavy (non-hydrogen) atoms. The minimum absolute atomic E-state index is 0.0481. The molecule has 0 aromatic heterocycles. The van der Waals surface area contributed by atoms with Gasteiger partial charge in [0.25, 0.3) is 0 Å². The minimum atomic E-state index is -3.57. The van der Waals surface area contributed by atoms with Crippen LogP contribution in [0.2, 0.25) is 10.0 Å². The van der Waals surface area contributed by atoms with Crippen molar-refractivity contribution in [2.45, 2.75) is 6.42 Å². The van der Waals surface area contributed by atoms with Gasteiger partial charge in [0.1, 0.15) is 6.54 Å². The Morgan fingerprint density at radius 3 is 2.47 bits per heavy atom. The molecular weight excluding hydrogens is 313 g/mol. The molecule has 0 saturated carbocycles. The molecule has 0 aliphatic rings. The van der Waals surface area contributed by atoms with Crippen LogP contribution in [0.5, 0.6) is 0 Å². The molecule has 0 saturated heterocycles. The summed E-state index contributed by atoms with van der Waals surface area (Å²) in [5, 5.41) is 9.60. The van der Waals surface area contributed by atoms with Gasteiger partial charge in [-0.05, 0) is 24.1 Å². The molecule has 0 amide bonds. The van der Waals surface area contributed by atoms with Gasteiger partial charge in [-0.15, -0.1) is 0 Å². The van der Waals surface area contributed by atoms with Crippen LogP contribution < -0.4 is 0 Å². The number of carboxylic acid groups (broad SMARTS) is 1. The molecule has 0 spiro atoms. The van der Waals surface area contributed by atoms with Crippen molar-refractivity contribution in [2.75, 3.05) is 19.3 Å². The molecule has 1 aromatic carbocycles. The van der Waals surface area contributed by atoms with Gasteiger partial charge >= 0.3 is 5.97 Å². The number of sulfonamides is 1. The predicted octanol–water partition coefficient (Wildman–Crippen LogP) is 1.88. The molecule has 106 valence electrons. The molecule has 0 fully saturated rings. The third kappa shape index (κ3) is 5.36. The zero-order valence-electron chi connectivity index (χ0n) is 10.1. The van der Waals surface area contributed by atoms with Crippen molar-refractivity contribution in [3.8, 4) is 0 Å². The summed E-state index contributed by atoms with van der Waals surface area (Å²) in [5.74, 6) is -1.20. The second-order valence-corrected chi connectivity index (χ2v) is 6.80. The number of benzene rings is 1. The van der Waals surface area contributed by atoms with Crippen LogP contribution in [0.4, 0.5) is 0 Å². The highest BCUT2D eigenvalue weighted by Gasteiger charge is 2.19. The zero-order valence-corrected chi connectivity index (χ0v) is 12.5. The van der Waals surface area contributed by atoms with E-state index in [1.807, 2.05) is 0 Å². The lowest BCUT2D eigenvalue weighted by Gasteiger charge is -2.17. The highest BCUT2D eigenvalue weighted by atomic mass is 35.5. The van der Waals surface area contributed by atoms with Crippen LogP contribution in [0.25, 0.3) is 0 Å². The van der Waals surface area contributed by atoms with Gasteiger partial charge in [-0.2, -0.15) is 4.31 Å². The first-order valence-corrected chi connectivity index (χ1v) is 7.91. The van der Waals surface area contributed by atoms with E-state index in [9.17, 15) is 13.2 Å². The Hall–Kier alpha value is -0.820. The molecule has 1 N–H and O–H groups in total. The third-order valence-electron chi connectivity index (χ3n) is 2.43. The summed E-state index contributed by atoms with van der Waals surface area (Å²) < 4.78 is 23.8. The van der Waals surface area contributed by atoms with Gasteiger partial charge in [-0.1, -0.05) is 29.3 Å². The summed E-state index contributed by atoms with van der Waals surface area (Å²) >= 11 is 11.7. The first-order valence-electron chi connectivity index (χ1n) is 5.31. The Balaban J connectivity index is 2.79. The lowest BCUT2D eigenvalue weighted by atomic mass is 10.1. The molecule has 1 aromatic rings. The number of rotatable bonds is 6. The summed E-state index contributed by atoms with van der Waals surface area (Å²) in [6.07, 6.45) is 1.29. The quantitative estimate of drug-likeness (QED) is 0.866. The fraction of sp³-hybridized carbons (Fsp3) is 0.364. The third-order valence-corrected chi connectivity index (χ3v) is 4.26. The Bertz CT molecular complexity index is 574. The van der Waals surface area contributed by atoms with Crippen LogP contribution in [0.15, 0.2) is 18.2 Å². The van der Waals surface area contributed by atoms with Gasteiger partial charge in [-0.25, -0.2) is 8.42 Å². The van der Waals surface area contributed by atoms with Gasteiger partial charge in [-0.3, -0.25) is 4.79 Å². The molecule has 5 nitrogen and oxygen atoms in total. The Morgan fingerprint density at radius 1 is 1.37 bits per heavy atom. The second kappa shape index (κ2) is 6.56. The number of aliphatic carboxylic acids is 1. The maximum absolute atomic E-state index is 11.4. The van der Waals surface area contributed by atoms with Crippen molar-refractivity contribution in [1.82, 2.24) is 4.31 Å². The average molecular weight is 326 g/mol. The van der Waals surface area contributed by atoms with E-state index in [2.05, 4.69) is 0 Å². The van der Waals surface area contributed by atoms with E-state index in [0.29, 0.717) is 22.0 Å². The number of halogens is 2. The second-order valence-electron chi connectivity index (χ2n) is 3.98. The summed E-state index contributed by atoms with van der Waals surface area (Å²) in [4.78, 5) is 10.6. The average Bonchev–Trinajstić information content (AvgIpc) is 2.24. The van der Waals surface area contributed by atoms with E-state index in [0.717, 1.165) is 10.6 Å². The lowest BCUT2D eigenvalue weighted by Crippen LogP contribution is -2.36. The monoisotopic (exact) mass is 325 g/mol. The molecule has 0 radical (unpaired) electrons. The molecule has 0 unspecified atom stereocenters. The largest absolute Gasteiger partial charge is 0.480 e. The van der Waals surface area contributed by atoms with Crippen LogP contribution in [0.1, 0.15) is 5.56 Å². The van der Waals surface area contributed by atoms with Crippen LogP contribution in [0.3, 0.4) is 0 Å². The molecule has 0 aliphatic heterocycles. The van der Waals surface area contributed by atoms with Crippen LogP contribution in [-0.4, -0.2) is 43.1 Å². The summed E-state index contributed by atoms with van der Waals surface area (Å²) in [5.41, 5.74) is 0.713. The number of hydrogen-bond donors (Lipinski definition) is 1. The Kier molecular flexibility index (Phi) is 5.61.